The van der Waals surface area contributed by atoms with E-state index in [0.717, 1.165) is 25.1 Å². The van der Waals surface area contributed by atoms with Crippen molar-refractivity contribution in [2.75, 3.05) is 23.8 Å². The quantitative estimate of drug-likeness (QED) is 0.509. The van der Waals surface area contributed by atoms with E-state index in [2.05, 4.69) is 4.90 Å². The van der Waals surface area contributed by atoms with Crippen molar-refractivity contribution < 1.29 is 9.66 Å². The summed E-state index contributed by atoms with van der Waals surface area (Å²) in [4.78, 5) is 12.7. The average molecular weight is 277 g/mol. The van der Waals surface area contributed by atoms with Crippen molar-refractivity contribution in [2.24, 2.45) is 0 Å². The molecule has 2 unspecified atom stereocenters. The van der Waals surface area contributed by atoms with E-state index < -0.39 is 4.92 Å². The number of hydrogen-bond acceptors (Lipinski definition) is 5. The normalized spacial score (nSPS) is 26.1. The standard InChI is InChI=1S/C14H19N3O3/c15-11-9-10(5-6-12(11)17(18)19)16-7-8-20-14-4-2-1-3-13(14)16/h5-6,9,13-14H,1-4,7-8,15H2. The van der Waals surface area contributed by atoms with Gasteiger partial charge in [0.2, 0.25) is 0 Å². The number of benzene rings is 1. The van der Waals surface area contributed by atoms with Gasteiger partial charge in [0, 0.05) is 18.3 Å². The molecule has 2 N–H and O–H groups in total. The molecule has 1 aliphatic heterocycles. The number of rotatable bonds is 2. The van der Waals surface area contributed by atoms with Crippen molar-refractivity contribution in [3.63, 3.8) is 0 Å². The zero-order chi connectivity index (χ0) is 14.1. The summed E-state index contributed by atoms with van der Waals surface area (Å²) in [7, 11) is 0. The lowest BCUT2D eigenvalue weighted by atomic mass is 9.89. The summed E-state index contributed by atoms with van der Waals surface area (Å²) in [6.07, 6.45) is 4.93. The molecule has 0 aromatic heterocycles. The predicted molar refractivity (Wildman–Crippen MR) is 76.9 cm³/mol. The van der Waals surface area contributed by atoms with Gasteiger partial charge < -0.3 is 15.4 Å². The minimum atomic E-state index is -0.443. The number of hydrogen-bond donors (Lipinski definition) is 1. The van der Waals surface area contributed by atoms with E-state index in [-0.39, 0.29) is 17.5 Å². The Morgan fingerprint density at radius 3 is 2.90 bits per heavy atom. The first kappa shape index (κ1) is 13.2. The highest BCUT2D eigenvalue weighted by Crippen LogP contribution is 2.34. The van der Waals surface area contributed by atoms with Crippen LogP contribution in [-0.2, 0) is 4.74 Å². The molecule has 1 heterocycles. The maximum Gasteiger partial charge on any atom is 0.292 e. The molecule has 2 fully saturated rings. The number of anilines is 2. The van der Waals surface area contributed by atoms with Gasteiger partial charge in [-0.2, -0.15) is 0 Å². The number of nitro benzene ring substituents is 1. The number of nitro groups is 1. The van der Waals surface area contributed by atoms with Crippen LogP contribution >= 0.6 is 0 Å². The zero-order valence-corrected chi connectivity index (χ0v) is 11.3. The molecule has 1 aromatic carbocycles. The van der Waals surface area contributed by atoms with E-state index in [1.807, 2.05) is 0 Å². The zero-order valence-electron chi connectivity index (χ0n) is 11.3. The van der Waals surface area contributed by atoms with Crippen LogP contribution in [0.3, 0.4) is 0 Å². The third-order valence-corrected chi connectivity index (χ3v) is 4.27. The number of nitrogens with two attached hydrogens (primary N) is 1. The van der Waals surface area contributed by atoms with Crippen molar-refractivity contribution in [3.05, 3.63) is 28.3 Å². The Morgan fingerprint density at radius 2 is 2.15 bits per heavy atom. The van der Waals surface area contributed by atoms with Crippen molar-refractivity contribution in [2.45, 2.75) is 37.8 Å². The highest BCUT2D eigenvalue weighted by atomic mass is 16.6. The lowest BCUT2D eigenvalue weighted by Gasteiger charge is -2.45. The van der Waals surface area contributed by atoms with Gasteiger partial charge in [-0.25, -0.2) is 0 Å². The Morgan fingerprint density at radius 1 is 1.35 bits per heavy atom. The molecule has 3 rings (SSSR count). The first-order chi connectivity index (χ1) is 9.66. The van der Waals surface area contributed by atoms with Crippen LogP contribution in [0.5, 0.6) is 0 Å². The van der Waals surface area contributed by atoms with Crippen LogP contribution in [0, 0.1) is 10.1 Å². The Balaban J connectivity index is 1.87. The molecule has 0 radical (unpaired) electrons. The van der Waals surface area contributed by atoms with Gasteiger partial charge in [0.1, 0.15) is 5.69 Å². The monoisotopic (exact) mass is 277 g/mol. The van der Waals surface area contributed by atoms with Gasteiger partial charge in [-0.1, -0.05) is 12.8 Å². The van der Waals surface area contributed by atoms with Crippen molar-refractivity contribution in [1.29, 1.82) is 0 Å². The van der Waals surface area contributed by atoms with Crippen molar-refractivity contribution in [1.82, 2.24) is 0 Å². The van der Waals surface area contributed by atoms with E-state index >= 15 is 0 Å². The molecule has 2 atom stereocenters. The number of nitrogen functional groups attached to an aromatic ring is 1. The highest BCUT2D eigenvalue weighted by molar-refractivity contribution is 5.67. The van der Waals surface area contributed by atoms with E-state index in [4.69, 9.17) is 10.5 Å². The highest BCUT2D eigenvalue weighted by Gasteiger charge is 2.34. The summed E-state index contributed by atoms with van der Waals surface area (Å²) < 4.78 is 5.84. The van der Waals surface area contributed by atoms with Crippen LogP contribution in [0.4, 0.5) is 17.1 Å². The van der Waals surface area contributed by atoms with Crippen molar-refractivity contribution >= 4 is 17.1 Å². The molecule has 0 spiro atoms. The molecule has 2 aliphatic rings. The Hall–Kier alpha value is -1.82. The Bertz CT molecular complexity index is 518. The fourth-order valence-corrected chi connectivity index (χ4v) is 3.30. The van der Waals surface area contributed by atoms with Crippen LogP contribution < -0.4 is 10.6 Å². The number of ether oxygens (including phenoxy) is 1. The first-order valence-electron chi connectivity index (χ1n) is 7.09. The molecule has 1 aromatic rings. The summed E-state index contributed by atoms with van der Waals surface area (Å²) in [6, 6.07) is 5.39. The fraction of sp³-hybridized carbons (Fsp3) is 0.571. The lowest BCUT2D eigenvalue weighted by Crippen LogP contribution is -2.52. The molecule has 20 heavy (non-hydrogen) atoms. The smallest absolute Gasteiger partial charge is 0.292 e. The number of fused-ring (bicyclic) bond motifs is 1. The summed E-state index contributed by atoms with van der Waals surface area (Å²) in [5.74, 6) is 0. The summed E-state index contributed by atoms with van der Waals surface area (Å²) in [5.41, 5.74) is 6.97. The topological polar surface area (TPSA) is 81.6 Å². The minimum absolute atomic E-state index is 0.0257. The van der Waals surface area contributed by atoms with Gasteiger partial charge in [-0.15, -0.1) is 0 Å². The predicted octanol–water partition coefficient (Wildman–Crippen LogP) is 2.32. The van der Waals surface area contributed by atoms with E-state index in [0.29, 0.717) is 12.6 Å². The molecule has 6 nitrogen and oxygen atoms in total. The van der Waals surface area contributed by atoms with Gasteiger partial charge in [0.25, 0.3) is 5.69 Å². The molecule has 1 saturated carbocycles. The molecule has 1 aliphatic carbocycles. The minimum Gasteiger partial charge on any atom is -0.393 e. The maximum absolute atomic E-state index is 10.8. The summed E-state index contributed by atoms with van der Waals surface area (Å²) >= 11 is 0. The van der Waals surface area contributed by atoms with Crippen LogP contribution in [-0.4, -0.2) is 30.2 Å². The van der Waals surface area contributed by atoms with Gasteiger partial charge in [0.05, 0.1) is 23.7 Å². The first-order valence-corrected chi connectivity index (χ1v) is 7.09. The number of morpholine rings is 1. The third kappa shape index (κ3) is 2.31. The molecule has 1 saturated heterocycles. The second-order valence-corrected chi connectivity index (χ2v) is 5.45. The molecule has 0 amide bonds. The number of nitrogens with zero attached hydrogens (tertiary/aromatic N) is 2. The maximum atomic E-state index is 10.8. The van der Waals surface area contributed by atoms with E-state index in [1.165, 1.54) is 18.9 Å². The van der Waals surface area contributed by atoms with Crippen LogP contribution in [0.25, 0.3) is 0 Å². The van der Waals surface area contributed by atoms with Gasteiger partial charge in [-0.05, 0) is 25.0 Å². The third-order valence-electron chi connectivity index (χ3n) is 4.27. The fourth-order valence-electron chi connectivity index (χ4n) is 3.30. The molecule has 6 heteroatoms. The molecular weight excluding hydrogens is 258 g/mol. The van der Waals surface area contributed by atoms with Gasteiger partial charge in [0.15, 0.2) is 0 Å². The summed E-state index contributed by atoms with van der Waals surface area (Å²) in [5, 5.41) is 10.8. The van der Waals surface area contributed by atoms with E-state index in [9.17, 15) is 10.1 Å². The van der Waals surface area contributed by atoms with Gasteiger partial charge >= 0.3 is 0 Å². The SMILES string of the molecule is Nc1cc(N2CCOC3CCCCC32)ccc1[N+](=O)[O-]. The van der Waals surface area contributed by atoms with Crippen LogP contribution in [0.15, 0.2) is 18.2 Å². The molecular formula is C14H19N3O3. The van der Waals surface area contributed by atoms with E-state index in [1.54, 1.807) is 12.1 Å². The van der Waals surface area contributed by atoms with Crippen LogP contribution in [0.1, 0.15) is 25.7 Å². The second kappa shape index (κ2) is 5.28. The molecule has 0 bridgehead atoms. The Labute approximate surface area is 117 Å². The largest absolute Gasteiger partial charge is 0.393 e. The Kier molecular flexibility index (Phi) is 3.48. The average Bonchev–Trinajstić information content (AvgIpc) is 2.46. The second-order valence-electron chi connectivity index (χ2n) is 5.45. The van der Waals surface area contributed by atoms with Crippen molar-refractivity contribution in [3.8, 4) is 0 Å². The molecule has 108 valence electrons. The lowest BCUT2D eigenvalue weighted by molar-refractivity contribution is -0.383. The van der Waals surface area contributed by atoms with Crippen LogP contribution in [0.2, 0.25) is 0 Å². The van der Waals surface area contributed by atoms with Gasteiger partial charge in [-0.3, -0.25) is 10.1 Å². The summed E-state index contributed by atoms with van der Waals surface area (Å²) in [6.45, 7) is 1.52.